The number of anilines is 1. The number of alkyl halides is 3. The van der Waals surface area contributed by atoms with Crippen LogP contribution < -0.4 is 15.5 Å². The summed E-state index contributed by atoms with van der Waals surface area (Å²) in [6, 6.07) is 1.73. The molecule has 0 saturated carbocycles. The van der Waals surface area contributed by atoms with Gasteiger partial charge in [0.2, 0.25) is 5.95 Å². The molecule has 132 valence electrons. The van der Waals surface area contributed by atoms with Crippen molar-refractivity contribution in [3.05, 3.63) is 18.5 Å². The number of hydrogen-bond acceptors (Lipinski definition) is 5. The highest BCUT2D eigenvalue weighted by atomic mass is 19.4. The molecule has 0 atom stereocenters. The van der Waals surface area contributed by atoms with Crippen molar-refractivity contribution < 1.29 is 22.8 Å². The van der Waals surface area contributed by atoms with Crippen molar-refractivity contribution in [2.24, 2.45) is 5.92 Å². The normalized spacial score (nSPS) is 15.9. The Morgan fingerprint density at radius 1 is 1.12 bits per heavy atom. The minimum Gasteiger partial charge on any atom is -0.348 e. The van der Waals surface area contributed by atoms with E-state index in [2.05, 4.69) is 15.3 Å². The van der Waals surface area contributed by atoms with Gasteiger partial charge in [0.25, 0.3) is 0 Å². The van der Waals surface area contributed by atoms with Crippen LogP contribution in [0.25, 0.3) is 0 Å². The molecule has 2 N–H and O–H groups in total. The molecule has 1 aromatic heterocycles. The molecule has 10 heteroatoms. The van der Waals surface area contributed by atoms with Gasteiger partial charge in [0, 0.05) is 32.0 Å². The van der Waals surface area contributed by atoms with E-state index in [4.69, 9.17) is 0 Å². The molecule has 0 spiro atoms. The van der Waals surface area contributed by atoms with Crippen LogP contribution in [-0.2, 0) is 9.59 Å². The van der Waals surface area contributed by atoms with Gasteiger partial charge in [-0.1, -0.05) is 0 Å². The highest BCUT2D eigenvalue weighted by Crippen LogP contribution is 2.19. The summed E-state index contributed by atoms with van der Waals surface area (Å²) in [4.78, 5) is 33.1. The van der Waals surface area contributed by atoms with E-state index in [-0.39, 0.29) is 12.5 Å². The molecule has 2 heterocycles. The van der Waals surface area contributed by atoms with Crippen LogP contribution in [0.5, 0.6) is 0 Å². The quantitative estimate of drug-likeness (QED) is 0.776. The molecule has 7 nitrogen and oxygen atoms in total. The minimum atomic E-state index is -4.54. The third kappa shape index (κ3) is 5.67. The SMILES string of the molecule is O=C(NCC1CCN(c2ncccn2)CC1)C(=O)NCC(F)(F)F. The van der Waals surface area contributed by atoms with E-state index in [9.17, 15) is 22.8 Å². The van der Waals surface area contributed by atoms with E-state index in [1.807, 2.05) is 4.90 Å². The maximum atomic E-state index is 12.0. The topological polar surface area (TPSA) is 87.2 Å². The number of carbonyl (C=O) groups is 2. The Labute approximate surface area is 136 Å². The van der Waals surface area contributed by atoms with E-state index in [1.165, 1.54) is 5.32 Å². The third-order valence-corrected chi connectivity index (χ3v) is 3.66. The molecule has 1 saturated heterocycles. The van der Waals surface area contributed by atoms with Gasteiger partial charge in [0.15, 0.2) is 0 Å². The molecule has 1 fully saturated rings. The fourth-order valence-electron chi connectivity index (χ4n) is 2.37. The molecule has 1 aromatic rings. The van der Waals surface area contributed by atoms with Crippen molar-refractivity contribution in [2.75, 3.05) is 31.1 Å². The summed E-state index contributed by atoms with van der Waals surface area (Å²) in [5.41, 5.74) is 0. The Bertz CT molecular complexity index is 559. The Balaban J connectivity index is 1.69. The zero-order valence-corrected chi connectivity index (χ0v) is 12.8. The Morgan fingerprint density at radius 2 is 1.71 bits per heavy atom. The van der Waals surface area contributed by atoms with Gasteiger partial charge in [0.05, 0.1) is 0 Å². The highest BCUT2D eigenvalue weighted by molar-refractivity contribution is 6.35. The Morgan fingerprint density at radius 3 is 2.29 bits per heavy atom. The van der Waals surface area contributed by atoms with Crippen molar-refractivity contribution in [2.45, 2.75) is 19.0 Å². The second-order valence-electron chi connectivity index (χ2n) is 5.49. The van der Waals surface area contributed by atoms with Crippen LogP contribution in [0.2, 0.25) is 0 Å². The van der Waals surface area contributed by atoms with E-state index in [0.717, 1.165) is 12.8 Å². The first kappa shape index (κ1) is 18.0. The summed E-state index contributed by atoms with van der Waals surface area (Å²) in [7, 11) is 0. The number of rotatable bonds is 4. The fraction of sp³-hybridized carbons (Fsp3) is 0.571. The summed E-state index contributed by atoms with van der Waals surface area (Å²) in [5.74, 6) is -1.52. The van der Waals surface area contributed by atoms with Crippen molar-refractivity contribution in [1.82, 2.24) is 20.6 Å². The van der Waals surface area contributed by atoms with Crippen molar-refractivity contribution in [1.29, 1.82) is 0 Å². The average Bonchev–Trinajstić information content (AvgIpc) is 2.58. The Hall–Kier alpha value is -2.39. The van der Waals surface area contributed by atoms with E-state index in [0.29, 0.717) is 19.0 Å². The lowest BCUT2D eigenvalue weighted by atomic mass is 9.97. The summed E-state index contributed by atoms with van der Waals surface area (Å²) in [6.45, 7) is 0.159. The smallest absolute Gasteiger partial charge is 0.348 e. The van der Waals surface area contributed by atoms with Gasteiger partial charge in [0.1, 0.15) is 6.54 Å². The number of piperidine rings is 1. The van der Waals surface area contributed by atoms with Gasteiger partial charge in [-0.3, -0.25) is 9.59 Å². The number of halogens is 3. The first-order valence-corrected chi connectivity index (χ1v) is 7.50. The van der Waals surface area contributed by atoms with E-state index < -0.39 is 24.5 Å². The molecule has 1 aliphatic heterocycles. The molecule has 2 rings (SSSR count). The maximum Gasteiger partial charge on any atom is 0.405 e. The molecular formula is C14H18F3N5O2. The predicted molar refractivity (Wildman–Crippen MR) is 79.0 cm³/mol. The lowest BCUT2D eigenvalue weighted by Gasteiger charge is -2.31. The van der Waals surface area contributed by atoms with Crippen LogP contribution in [0.4, 0.5) is 19.1 Å². The minimum absolute atomic E-state index is 0.157. The first-order chi connectivity index (χ1) is 11.3. The lowest BCUT2D eigenvalue weighted by Crippen LogP contribution is -2.46. The van der Waals surface area contributed by atoms with Gasteiger partial charge < -0.3 is 15.5 Å². The van der Waals surface area contributed by atoms with Gasteiger partial charge in [-0.15, -0.1) is 0 Å². The van der Waals surface area contributed by atoms with Gasteiger partial charge >= 0.3 is 18.0 Å². The number of nitrogens with one attached hydrogen (secondary N) is 2. The number of hydrogen-bond donors (Lipinski definition) is 2. The molecular weight excluding hydrogens is 327 g/mol. The maximum absolute atomic E-state index is 12.0. The highest BCUT2D eigenvalue weighted by Gasteiger charge is 2.29. The number of aromatic nitrogens is 2. The van der Waals surface area contributed by atoms with Crippen molar-refractivity contribution in [3.63, 3.8) is 0 Å². The van der Waals surface area contributed by atoms with Crippen molar-refractivity contribution in [3.8, 4) is 0 Å². The van der Waals surface area contributed by atoms with E-state index in [1.54, 1.807) is 18.5 Å². The van der Waals surface area contributed by atoms with Crippen LogP contribution >= 0.6 is 0 Å². The summed E-state index contributed by atoms with van der Waals surface area (Å²) in [5, 5.41) is 3.91. The predicted octanol–water partition coefficient (Wildman–Crippen LogP) is 0.488. The number of carbonyl (C=O) groups excluding carboxylic acids is 2. The van der Waals surface area contributed by atoms with Crippen LogP contribution in [0.3, 0.4) is 0 Å². The second kappa shape index (κ2) is 7.93. The average molecular weight is 345 g/mol. The molecule has 0 aliphatic carbocycles. The number of nitrogens with zero attached hydrogens (tertiary/aromatic N) is 3. The van der Waals surface area contributed by atoms with Gasteiger partial charge in [-0.2, -0.15) is 13.2 Å². The van der Waals surface area contributed by atoms with Gasteiger partial charge in [-0.05, 0) is 24.8 Å². The zero-order chi connectivity index (χ0) is 17.6. The van der Waals surface area contributed by atoms with E-state index >= 15 is 0 Å². The first-order valence-electron chi connectivity index (χ1n) is 7.50. The van der Waals surface area contributed by atoms with Crippen LogP contribution in [-0.4, -0.2) is 54.1 Å². The third-order valence-electron chi connectivity index (χ3n) is 3.66. The molecule has 2 amide bonds. The summed E-state index contributed by atoms with van der Waals surface area (Å²) in [6.07, 6.45) is 0.316. The number of amides is 2. The molecule has 0 unspecified atom stereocenters. The molecule has 24 heavy (non-hydrogen) atoms. The summed E-state index contributed by atoms with van der Waals surface area (Å²) < 4.78 is 35.9. The summed E-state index contributed by atoms with van der Waals surface area (Å²) >= 11 is 0. The second-order valence-corrected chi connectivity index (χ2v) is 5.49. The molecule has 0 bridgehead atoms. The van der Waals surface area contributed by atoms with Crippen LogP contribution in [0.1, 0.15) is 12.8 Å². The lowest BCUT2D eigenvalue weighted by molar-refractivity contribution is -0.146. The van der Waals surface area contributed by atoms with Gasteiger partial charge in [-0.25, -0.2) is 9.97 Å². The standard InChI is InChI=1S/C14H18F3N5O2/c15-14(16,17)9-21-12(24)11(23)20-8-10-2-6-22(7-3-10)13-18-4-1-5-19-13/h1,4-5,10H,2-3,6-9H2,(H,20,23)(H,21,24). The van der Waals surface area contributed by atoms with Crippen LogP contribution in [0, 0.1) is 5.92 Å². The molecule has 0 radical (unpaired) electrons. The largest absolute Gasteiger partial charge is 0.405 e. The monoisotopic (exact) mass is 345 g/mol. The Kier molecular flexibility index (Phi) is 5.93. The van der Waals surface area contributed by atoms with Crippen molar-refractivity contribution >= 4 is 17.8 Å². The van der Waals surface area contributed by atoms with Crippen LogP contribution in [0.15, 0.2) is 18.5 Å². The molecule has 0 aromatic carbocycles. The fourth-order valence-corrected chi connectivity index (χ4v) is 2.37. The zero-order valence-electron chi connectivity index (χ0n) is 12.8. The molecule has 1 aliphatic rings.